The molecule has 2 amide bonds. The number of ether oxygens (including phenoxy) is 1. The summed E-state index contributed by atoms with van der Waals surface area (Å²) in [6.07, 6.45) is -0.740. The van der Waals surface area contributed by atoms with Crippen LogP contribution in [-0.4, -0.2) is 35.2 Å². The number of rotatable bonds is 6. The number of alkyl carbamates (subject to hydrolysis) is 1. The Morgan fingerprint density at radius 3 is 2.15 bits per heavy atom. The number of carbonyl (C=O) groups excluding carboxylic acids is 2. The van der Waals surface area contributed by atoms with E-state index in [4.69, 9.17) is 4.74 Å². The third kappa shape index (κ3) is 4.68. The largest absolute Gasteiger partial charge is 0.478 e. The molecule has 7 nitrogen and oxygen atoms in total. The molecule has 174 valence electrons. The molecule has 0 radical (unpaired) electrons. The molecule has 0 saturated heterocycles. The minimum absolute atomic E-state index is 0.0698. The Labute approximate surface area is 205 Å². The summed E-state index contributed by atoms with van der Waals surface area (Å²) in [5.41, 5.74) is 3.12. The molecule has 3 N–H and O–H groups in total. The predicted octanol–water partition coefficient (Wildman–Crippen LogP) is 5.40. The van der Waals surface area contributed by atoms with E-state index in [1.807, 2.05) is 36.4 Å². The van der Waals surface area contributed by atoms with Crippen molar-refractivity contribution >= 4 is 39.6 Å². The molecule has 0 fully saturated rings. The Morgan fingerprint density at radius 1 is 0.971 bits per heavy atom. The van der Waals surface area contributed by atoms with Crippen LogP contribution in [0.3, 0.4) is 0 Å². The maximum absolute atomic E-state index is 12.8. The van der Waals surface area contributed by atoms with Crippen molar-refractivity contribution in [2.75, 3.05) is 11.9 Å². The zero-order valence-corrected chi connectivity index (χ0v) is 20.2. The molecule has 0 spiro atoms. The summed E-state index contributed by atoms with van der Waals surface area (Å²) in [4.78, 5) is 36.9. The van der Waals surface area contributed by atoms with Gasteiger partial charge in [0.15, 0.2) is 0 Å². The van der Waals surface area contributed by atoms with Crippen LogP contribution in [0, 0.1) is 0 Å². The Bertz CT molecular complexity index is 1240. The van der Waals surface area contributed by atoms with Crippen molar-refractivity contribution < 1.29 is 24.2 Å². The van der Waals surface area contributed by atoms with Crippen molar-refractivity contribution in [3.8, 4) is 11.1 Å². The number of benzene rings is 3. The van der Waals surface area contributed by atoms with E-state index in [1.54, 1.807) is 6.07 Å². The number of halogens is 1. The second kappa shape index (κ2) is 9.30. The van der Waals surface area contributed by atoms with Gasteiger partial charge < -0.3 is 20.5 Å². The summed E-state index contributed by atoms with van der Waals surface area (Å²) in [7, 11) is 0. The van der Waals surface area contributed by atoms with Gasteiger partial charge in [-0.25, -0.2) is 9.59 Å². The van der Waals surface area contributed by atoms with Crippen molar-refractivity contribution in [3.63, 3.8) is 0 Å². The highest BCUT2D eigenvalue weighted by molar-refractivity contribution is 9.10. The van der Waals surface area contributed by atoms with Gasteiger partial charge in [-0.15, -0.1) is 0 Å². The molecule has 1 aliphatic rings. The molecule has 0 heterocycles. The Morgan fingerprint density at radius 2 is 1.56 bits per heavy atom. The standard InChI is InChI=1S/C26H23BrN2O5/c1-26(2,24(32)28-22-12-11-15(27)13-20(22)23(30)31)29-25(33)34-14-21-18-9-5-3-7-16(18)17-8-4-6-10-19(17)21/h3-13,21H,14H2,1-2H3,(H,28,32)(H,29,33)(H,30,31). The third-order valence-electron chi connectivity index (χ3n) is 5.79. The average Bonchev–Trinajstić information content (AvgIpc) is 3.12. The van der Waals surface area contributed by atoms with Crippen molar-refractivity contribution in [2.45, 2.75) is 25.3 Å². The summed E-state index contributed by atoms with van der Waals surface area (Å²) in [5.74, 6) is -1.86. The van der Waals surface area contributed by atoms with E-state index in [-0.39, 0.29) is 23.8 Å². The normalized spacial score (nSPS) is 12.4. The highest BCUT2D eigenvalue weighted by atomic mass is 79.9. The zero-order chi connectivity index (χ0) is 24.5. The van der Waals surface area contributed by atoms with Crippen LogP contribution in [0.5, 0.6) is 0 Å². The number of amides is 2. The Kier molecular flexibility index (Phi) is 6.43. The number of fused-ring (bicyclic) bond motifs is 3. The summed E-state index contributed by atoms with van der Waals surface area (Å²) < 4.78 is 6.09. The number of carboxylic acids is 1. The maximum Gasteiger partial charge on any atom is 0.408 e. The molecule has 0 saturated carbocycles. The van der Waals surface area contributed by atoms with Gasteiger partial charge in [-0.05, 0) is 54.3 Å². The van der Waals surface area contributed by atoms with Crippen LogP contribution in [0.2, 0.25) is 0 Å². The summed E-state index contributed by atoms with van der Waals surface area (Å²) in [6.45, 7) is 3.15. The third-order valence-corrected chi connectivity index (χ3v) is 6.28. The number of carboxylic acid groups (broad SMARTS) is 1. The molecule has 3 aromatic carbocycles. The van der Waals surface area contributed by atoms with E-state index in [0.29, 0.717) is 4.47 Å². The second-order valence-corrected chi connectivity index (χ2v) is 9.44. The van der Waals surface area contributed by atoms with Crippen molar-refractivity contribution in [1.29, 1.82) is 0 Å². The van der Waals surface area contributed by atoms with E-state index in [1.165, 1.54) is 26.0 Å². The molecule has 0 unspecified atom stereocenters. The molecular weight excluding hydrogens is 500 g/mol. The summed E-state index contributed by atoms with van der Waals surface area (Å²) in [5, 5.41) is 14.6. The molecular formula is C26H23BrN2O5. The average molecular weight is 523 g/mol. The van der Waals surface area contributed by atoms with E-state index >= 15 is 0 Å². The predicted molar refractivity (Wildman–Crippen MR) is 132 cm³/mol. The lowest BCUT2D eigenvalue weighted by molar-refractivity contribution is -0.121. The lowest BCUT2D eigenvalue weighted by atomic mass is 9.98. The minimum atomic E-state index is -1.36. The first kappa shape index (κ1) is 23.5. The molecule has 0 aliphatic heterocycles. The molecule has 0 atom stereocenters. The molecule has 34 heavy (non-hydrogen) atoms. The number of anilines is 1. The first-order valence-electron chi connectivity index (χ1n) is 10.6. The fourth-order valence-electron chi connectivity index (χ4n) is 4.03. The Balaban J connectivity index is 1.42. The van der Waals surface area contributed by atoms with Gasteiger partial charge >= 0.3 is 12.1 Å². The van der Waals surface area contributed by atoms with Gasteiger partial charge in [0.25, 0.3) is 0 Å². The Hall–Kier alpha value is -3.65. The number of aromatic carboxylic acids is 1. The van der Waals surface area contributed by atoms with Crippen LogP contribution in [0.1, 0.15) is 41.3 Å². The molecule has 1 aliphatic carbocycles. The van der Waals surface area contributed by atoms with E-state index in [9.17, 15) is 19.5 Å². The minimum Gasteiger partial charge on any atom is -0.478 e. The SMILES string of the molecule is CC(C)(NC(=O)OCC1c2ccccc2-c2ccccc21)C(=O)Nc1ccc(Br)cc1C(=O)O. The highest BCUT2D eigenvalue weighted by Crippen LogP contribution is 2.44. The highest BCUT2D eigenvalue weighted by Gasteiger charge is 2.33. The topological polar surface area (TPSA) is 105 Å². The molecule has 0 aromatic heterocycles. The van der Waals surface area contributed by atoms with E-state index in [0.717, 1.165) is 22.3 Å². The van der Waals surface area contributed by atoms with Crippen molar-refractivity contribution in [3.05, 3.63) is 87.9 Å². The van der Waals surface area contributed by atoms with Gasteiger partial charge in [-0.2, -0.15) is 0 Å². The zero-order valence-electron chi connectivity index (χ0n) is 18.6. The van der Waals surface area contributed by atoms with Crippen LogP contribution in [0.15, 0.2) is 71.2 Å². The van der Waals surface area contributed by atoms with E-state index in [2.05, 4.69) is 38.7 Å². The first-order valence-corrected chi connectivity index (χ1v) is 11.4. The van der Waals surface area contributed by atoms with Crippen LogP contribution in [0.4, 0.5) is 10.5 Å². The first-order chi connectivity index (χ1) is 16.2. The summed E-state index contributed by atoms with van der Waals surface area (Å²) >= 11 is 3.22. The van der Waals surface area contributed by atoms with Gasteiger partial charge in [0.05, 0.1) is 11.3 Å². The molecule has 8 heteroatoms. The monoisotopic (exact) mass is 522 g/mol. The number of nitrogens with one attached hydrogen (secondary N) is 2. The number of hydrogen-bond donors (Lipinski definition) is 3. The fraction of sp³-hybridized carbons (Fsp3) is 0.192. The molecule has 3 aromatic rings. The second-order valence-electron chi connectivity index (χ2n) is 8.52. The number of hydrogen-bond acceptors (Lipinski definition) is 4. The van der Waals surface area contributed by atoms with Gasteiger partial charge in [0, 0.05) is 10.4 Å². The molecule has 0 bridgehead atoms. The summed E-state index contributed by atoms with van der Waals surface area (Å²) in [6, 6.07) is 20.5. The van der Waals surface area contributed by atoms with Gasteiger partial charge in [-0.1, -0.05) is 64.5 Å². The smallest absolute Gasteiger partial charge is 0.408 e. The van der Waals surface area contributed by atoms with E-state index < -0.39 is 23.5 Å². The van der Waals surface area contributed by atoms with Crippen molar-refractivity contribution in [2.24, 2.45) is 0 Å². The quantitative estimate of drug-likeness (QED) is 0.401. The van der Waals surface area contributed by atoms with Crippen LogP contribution in [-0.2, 0) is 9.53 Å². The van der Waals surface area contributed by atoms with Gasteiger partial charge in [0.1, 0.15) is 12.1 Å². The van der Waals surface area contributed by atoms with Gasteiger partial charge in [-0.3, -0.25) is 4.79 Å². The van der Waals surface area contributed by atoms with Gasteiger partial charge in [0.2, 0.25) is 5.91 Å². The fourth-order valence-corrected chi connectivity index (χ4v) is 4.39. The van der Waals surface area contributed by atoms with Crippen molar-refractivity contribution in [1.82, 2.24) is 5.32 Å². The lowest BCUT2D eigenvalue weighted by Crippen LogP contribution is -2.52. The number of carbonyl (C=O) groups is 3. The van der Waals surface area contributed by atoms with Crippen LogP contribution >= 0.6 is 15.9 Å². The van der Waals surface area contributed by atoms with Crippen LogP contribution < -0.4 is 10.6 Å². The lowest BCUT2D eigenvalue weighted by Gasteiger charge is -2.25. The maximum atomic E-state index is 12.8. The molecule has 4 rings (SSSR count). The van der Waals surface area contributed by atoms with Crippen LogP contribution in [0.25, 0.3) is 11.1 Å².